The summed E-state index contributed by atoms with van der Waals surface area (Å²) < 4.78 is 36.9. The zero-order valence-corrected chi connectivity index (χ0v) is 14.5. The fraction of sp³-hybridized carbons (Fsp3) is 0.625. The van der Waals surface area contributed by atoms with Gasteiger partial charge in [-0.15, -0.1) is 0 Å². The first-order valence-corrected chi connectivity index (χ1v) is 9.76. The summed E-state index contributed by atoms with van der Waals surface area (Å²) in [7, 11) is -1.53. The Morgan fingerprint density at radius 2 is 2.09 bits per heavy atom. The summed E-state index contributed by atoms with van der Waals surface area (Å²) in [6.07, 6.45) is 2.15. The SMILES string of the molecule is COc1ccccc1CN1CC[C@@H]2OCCN(S(C)(=O)=O)[C@H]2C1. The number of hydrogen-bond acceptors (Lipinski definition) is 5. The van der Waals surface area contributed by atoms with Crippen LogP contribution in [0.15, 0.2) is 24.3 Å². The van der Waals surface area contributed by atoms with Gasteiger partial charge < -0.3 is 9.47 Å². The second-order valence-electron chi connectivity index (χ2n) is 6.19. The van der Waals surface area contributed by atoms with Crippen LogP contribution in [0.5, 0.6) is 5.75 Å². The van der Waals surface area contributed by atoms with Gasteiger partial charge in [-0.3, -0.25) is 4.90 Å². The summed E-state index contributed by atoms with van der Waals surface area (Å²) >= 11 is 0. The number of para-hydroxylation sites is 1. The molecule has 3 rings (SSSR count). The molecule has 0 saturated carbocycles. The molecule has 0 amide bonds. The highest BCUT2D eigenvalue weighted by Crippen LogP contribution is 2.27. The van der Waals surface area contributed by atoms with Crippen molar-refractivity contribution in [1.82, 2.24) is 9.21 Å². The molecule has 1 aromatic carbocycles. The van der Waals surface area contributed by atoms with E-state index in [2.05, 4.69) is 11.0 Å². The highest BCUT2D eigenvalue weighted by atomic mass is 32.2. The number of benzene rings is 1. The fourth-order valence-electron chi connectivity index (χ4n) is 3.54. The van der Waals surface area contributed by atoms with Crippen LogP contribution < -0.4 is 4.74 Å². The predicted octanol–water partition coefficient (Wildman–Crippen LogP) is 0.930. The minimum atomic E-state index is -3.20. The summed E-state index contributed by atoms with van der Waals surface area (Å²) in [5.41, 5.74) is 1.12. The van der Waals surface area contributed by atoms with Crippen LogP contribution in [-0.4, -0.2) is 69.4 Å². The molecular weight excluding hydrogens is 316 g/mol. The molecule has 0 bridgehead atoms. The number of likely N-dealkylation sites (tertiary alicyclic amines) is 1. The first-order valence-electron chi connectivity index (χ1n) is 7.91. The van der Waals surface area contributed by atoms with Crippen molar-refractivity contribution in [3.63, 3.8) is 0 Å². The molecule has 7 heteroatoms. The molecular formula is C16H24N2O4S. The van der Waals surface area contributed by atoms with E-state index in [-0.39, 0.29) is 12.1 Å². The van der Waals surface area contributed by atoms with E-state index in [0.717, 1.165) is 30.8 Å². The van der Waals surface area contributed by atoms with Crippen molar-refractivity contribution in [3.8, 4) is 5.75 Å². The molecule has 23 heavy (non-hydrogen) atoms. The monoisotopic (exact) mass is 340 g/mol. The molecule has 0 radical (unpaired) electrons. The molecule has 2 heterocycles. The number of morpholine rings is 1. The molecule has 2 fully saturated rings. The third-order valence-electron chi connectivity index (χ3n) is 4.63. The number of nitrogens with zero attached hydrogens (tertiary/aromatic N) is 2. The van der Waals surface area contributed by atoms with Crippen molar-refractivity contribution < 1.29 is 17.9 Å². The van der Waals surface area contributed by atoms with Gasteiger partial charge in [-0.25, -0.2) is 8.42 Å². The summed E-state index contributed by atoms with van der Waals surface area (Å²) in [6, 6.07) is 7.86. The van der Waals surface area contributed by atoms with Crippen LogP contribution in [0.25, 0.3) is 0 Å². The van der Waals surface area contributed by atoms with Crippen LogP contribution in [0, 0.1) is 0 Å². The van der Waals surface area contributed by atoms with Crippen molar-refractivity contribution in [2.45, 2.75) is 25.1 Å². The molecule has 0 unspecified atom stereocenters. The molecule has 2 aliphatic heterocycles. The number of piperidine rings is 1. The van der Waals surface area contributed by atoms with E-state index in [1.54, 1.807) is 11.4 Å². The van der Waals surface area contributed by atoms with Crippen LogP contribution >= 0.6 is 0 Å². The third-order valence-corrected chi connectivity index (χ3v) is 5.94. The van der Waals surface area contributed by atoms with Crippen LogP contribution in [0.3, 0.4) is 0 Å². The normalized spacial score (nSPS) is 26.7. The molecule has 0 spiro atoms. The van der Waals surface area contributed by atoms with Crippen LogP contribution in [-0.2, 0) is 21.3 Å². The second-order valence-corrected chi connectivity index (χ2v) is 8.12. The molecule has 0 aromatic heterocycles. The second kappa shape index (κ2) is 6.76. The van der Waals surface area contributed by atoms with Gasteiger partial charge in [0.05, 0.1) is 32.1 Å². The maximum atomic E-state index is 12.0. The van der Waals surface area contributed by atoms with Crippen LogP contribution in [0.1, 0.15) is 12.0 Å². The van der Waals surface area contributed by atoms with Gasteiger partial charge in [-0.2, -0.15) is 4.31 Å². The van der Waals surface area contributed by atoms with Crippen molar-refractivity contribution in [2.24, 2.45) is 0 Å². The standard InChI is InChI=1S/C16H24N2O4S/c1-21-15-6-4-3-5-13(15)11-17-8-7-16-14(12-17)18(9-10-22-16)23(2,19)20/h3-6,14,16H,7-12H2,1-2H3/t14-,16-/m0/s1. The van der Waals surface area contributed by atoms with Gasteiger partial charge in [0.2, 0.25) is 10.0 Å². The largest absolute Gasteiger partial charge is 0.496 e. The number of methoxy groups -OCH3 is 1. The molecule has 2 saturated heterocycles. The zero-order chi connectivity index (χ0) is 16.4. The van der Waals surface area contributed by atoms with Crippen molar-refractivity contribution in [1.29, 1.82) is 0 Å². The molecule has 0 N–H and O–H groups in total. The molecule has 2 aliphatic rings. The Labute approximate surface area is 138 Å². The molecule has 128 valence electrons. The maximum Gasteiger partial charge on any atom is 0.211 e. The number of sulfonamides is 1. The summed E-state index contributed by atoms with van der Waals surface area (Å²) in [4.78, 5) is 2.28. The molecule has 6 nitrogen and oxygen atoms in total. The molecule has 1 aromatic rings. The van der Waals surface area contributed by atoms with Gasteiger partial charge in [0.1, 0.15) is 5.75 Å². The highest BCUT2D eigenvalue weighted by Gasteiger charge is 2.40. The first kappa shape index (κ1) is 16.7. The van der Waals surface area contributed by atoms with Gasteiger partial charge in [0.25, 0.3) is 0 Å². The lowest BCUT2D eigenvalue weighted by atomic mass is 10.00. The Hall–Kier alpha value is -1.15. The summed E-state index contributed by atoms with van der Waals surface area (Å²) in [6.45, 7) is 3.28. The van der Waals surface area contributed by atoms with Gasteiger partial charge in [0, 0.05) is 31.7 Å². The van der Waals surface area contributed by atoms with E-state index >= 15 is 0 Å². The zero-order valence-electron chi connectivity index (χ0n) is 13.6. The van der Waals surface area contributed by atoms with E-state index in [1.807, 2.05) is 18.2 Å². The Kier molecular flexibility index (Phi) is 4.91. The van der Waals surface area contributed by atoms with Gasteiger partial charge >= 0.3 is 0 Å². The van der Waals surface area contributed by atoms with E-state index in [0.29, 0.717) is 19.7 Å². The summed E-state index contributed by atoms with van der Waals surface area (Å²) in [5, 5.41) is 0. The van der Waals surface area contributed by atoms with Gasteiger partial charge in [-0.1, -0.05) is 18.2 Å². The lowest BCUT2D eigenvalue weighted by Crippen LogP contribution is -2.60. The van der Waals surface area contributed by atoms with E-state index in [4.69, 9.17) is 9.47 Å². The average Bonchev–Trinajstić information content (AvgIpc) is 2.54. The number of ether oxygens (including phenoxy) is 2. The third kappa shape index (κ3) is 3.68. The topological polar surface area (TPSA) is 59.1 Å². The Morgan fingerprint density at radius 1 is 1.30 bits per heavy atom. The minimum Gasteiger partial charge on any atom is -0.496 e. The first-order chi connectivity index (χ1) is 11.0. The van der Waals surface area contributed by atoms with E-state index in [9.17, 15) is 8.42 Å². The average molecular weight is 340 g/mol. The Morgan fingerprint density at radius 3 is 2.83 bits per heavy atom. The lowest BCUT2D eigenvalue weighted by Gasteiger charge is -2.45. The molecule has 2 atom stereocenters. The Balaban J connectivity index is 1.74. The lowest BCUT2D eigenvalue weighted by molar-refractivity contribution is -0.0768. The minimum absolute atomic E-state index is 0.00685. The van der Waals surface area contributed by atoms with Crippen LogP contribution in [0.2, 0.25) is 0 Å². The molecule has 0 aliphatic carbocycles. The number of hydrogen-bond donors (Lipinski definition) is 0. The Bertz CT molecular complexity index is 649. The maximum absolute atomic E-state index is 12.0. The van der Waals surface area contributed by atoms with Crippen molar-refractivity contribution in [2.75, 3.05) is 39.6 Å². The van der Waals surface area contributed by atoms with E-state index < -0.39 is 10.0 Å². The van der Waals surface area contributed by atoms with Crippen LogP contribution in [0.4, 0.5) is 0 Å². The highest BCUT2D eigenvalue weighted by molar-refractivity contribution is 7.88. The summed E-state index contributed by atoms with van der Waals surface area (Å²) in [5.74, 6) is 0.870. The van der Waals surface area contributed by atoms with Gasteiger partial charge in [-0.05, 0) is 12.5 Å². The van der Waals surface area contributed by atoms with Crippen molar-refractivity contribution in [3.05, 3.63) is 29.8 Å². The quantitative estimate of drug-likeness (QED) is 0.816. The number of fused-ring (bicyclic) bond motifs is 1. The van der Waals surface area contributed by atoms with Crippen molar-refractivity contribution >= 4 is 10.0 Å². The van der Waals surface area contributed by atoms with E-state index in [1.165, 1.54) is 6.26 Å². The smallest absolute Gasteiger partial charge is 0.211 e. The fourth-order valence-corrected chi connectivity index (χ4v) is 4.64. The van der Waals surface area contributed by atoms with Gasteiger partial charge in [0.15, 0.2) is 0 Å². The predicted molar refractivity (Wildman–Crippen MR) is 88.0 cm³/mol. The number of rotatable bonds is 4.